The molecular weight excluding hydrogens is 370 g/mol. The van der Waals surface area contributed by atoms with Crippen molar-refractivity contribution < 1.29 is 14.8 Å². The average Bonchev–Trinajstić information content (AvgIpc) is 3.05. The van der Waals surface area contributed by atoms with Gasteiger partial charge in [-0.25, -0.2) is 0 Å². The fourth-order valence-electron chi connectivity index (χ4n) is 3.65. The number of methoxy groups -OCH3 is 1. The Labute approximate surface area is 167 Å². The lowest BCUT2D eigenvalue weighted by Crippen LogP contribution is -2.25. The van der Waals surface area contributed by atoms with E-state index in [1.807, 2.05) is 53.1 Å². The van der Waals surface area contributed by atoms with Crippen molar-refractivity contribution >= 4 is 33.2 Å². The van der Waals surface area contributed by atoms with Crippen molar-refractivity contribution in [2.45, 2.75) is 12.6 Å². The molecule has 7 nitrogen and oxygen atoms in total. The second kappa shape index (κ2) is 7.81. The lowest BCUT2D eigenvalue weighted by molar-refractivity contribution is -0.384. The van der Waals surface area contributed by atoms with E-state index in [2.05, 4.69) is 5.32 Å². The van der Waals surface area contributed by atoms with Crippen LogP contribution in [0, 0.1) is 10.1 Å². The van der Waals surface area contributed by atoms with E-state index in [-0.39, 0.29) is 5.69 Å². The van der Waals surface area contributed by atoms with E-state index < -0.39 is 11.0 Å². The quantitative estimate of drug-likeness (QED) is 0.364. The lowest BCUT2D eigenvalue weighted by atomic mass is 10.1. The van der Waals surface area contributed by atoms with Crippen LogP contribution in [0.5, 0.6) is 5.75 Å². The molecular formula is C22H21N3O4. The van der Waals surface area contributed by atoms with Crippen molar-refractivity contribution in [1.29, 1.82) is 0 Å². The van der Waals surface area contributed by atoms with Crippen molar-refractivity contribution in [2.24, 2.45) is 0 Å². The Morgan fingerprint density at radius 2 is 1.79 bits per heavy atom. The van der Waals surface area contributed by atoms with Crippen LogP contribution in [0.15, 0.2) is 66.7 Å². The van der Waals surface area contributed by atoms with Crippen LogP contribution in [0.2, 0.25) is 0 Å². The largest absolute Gasteiger partial charge is 0.495 e. The van der Waals surface area contributed by atoms with E-state index in [9.17, 15) is 15.2 Å². The highest BCUT2D eigenvalue weighted by Gasteiger charge is 2.16. The minimum absolute atomic E-state index is 0.0544. The molecule has 148 valence electrons. The number of rotatable bonds is 7. The number of nitrogens with zero attached hydrogens (tertiary/aromatic N) is 2. The van der Waals surface area contributed by atoms with Gasteiger partial charge in [0, 0.05) is 40.5 Å². The first kappa shape index (κ1) is 18.8. The van der Waals surface area contributed by atoms with Gasteiger partial charge in [-0.2, -0.15) is 0 Å². The van der Waals surface area contributed by atoms with Crippen molar-refractivity contribution in [3.05, 3.63) is 76.8 Å². The summed E-state index contributed by atoms with van der Waals surface area (Å²) in [5, 5.41) is 26.8. The molecule has 29 heavy (non-hydrogen) atoms. The van der Waals surface area contributed by atoms with Crippen LogP contribution in [0.25, 0.3) is 21.8 Å². The minimum atomic E-state index is -0.672. The molecule has 1 aromatic heterocycles. The Bertz CT molecular complexity index is 1190. The predicted molar refractivity (Wildman–Crippen MR) is 114 cm³/mol. The number of aliphatic hydroxyl groups excluding tert-OH is 1. The number of hydrogen-bond donors (Lipinski definition) is 2. The molecule has 1 heterocycles. The Kier molecular flexibility index (Phi) is 5.05. The molecule has 7 heteroatoms. The first-order chi connectivity index (χ1) is 14.1. The molecule has 0 aliphatic heterocycles. The van der Waals surface area contributed by atoms with Crippen LogP contribution in [0.1, 0.15) is 0 Å². The molecule has 0 saturated carbocycles. The third kappa shape index (κ3) is 3.60. The monoisotopic (exact) mass is 391 g/mol. The summed E-state index contributed by atoms with van der Waals surface area (Å²) in [6.07, 6.45) is -0.672. The number of benzene rings is 3. The van der Waals surface area contributed by atoms with Gasteiger partial charge in [-0.3, -0.25) is 10.1 Å². The summed E-state index contributed by atoms with van der Waals surface area (Å²) in [6.45, 7) is 0.686. The normalized spacial score (nSPS) is 12.2. The van der Waals surface area contributed by atoms with Gasteiger partial charge in [0.2, 0.25) is 0 Å². The van der Waals surface area contributed by atoms with Crippen LogP contribution in [-0.2, 0) is 6.54 Å². The van der Waals surface area contributed by atoms with E-state index in [1.165, 1.54) is 6.07 Å². The average molecular weight is 391 g/mol. The molecule has 0 spiro atoms. The van der Waals surface area contributed by atoms with Crippen LogP contribution in [0.3, 0.4) is 0 Å². The SMILES string of the molecule is COc1ccccc1NCC(O)Cn1c2ccccc2c2cc([N+](=O)[O-])ccc21. The predicted octanol–water partition coefficient (Wildman–Crippen LogP) is 4.18. The Balaban J connectivity index is 1.63. The highest BCUT2D eigenvalue weighted by molar-refractivity contribution is 6.08. The third-order valence-corrected chi connectivity index (χ3v) is 5.00. The van der Waals surface area contributed by atoms with Crippen molar-refractivity contribution in [3.63, 3.8) is 0 Å². The number of aliphatic hydroxyl groups is 1. The summed E-state index contributed by atoms with van der Waals surface area (Å²) in [7, 11) is 1.61. The molecule has 0 amide bonds. The summed E-state index contributed by atoms with van der Waals surface area (Å²) in [5.74, 6) is 0.712. The number of aromatic nitrogens is 1. The third-order valence-electron chi connectivity index (χ3n) is 5.00. The summed E-state index contributed by atoms with van der Waals surface area (Å²) < 4.78 is 7.33. The van der Waals surface area contributed by atoms with Gasteiger partial charge >= 0.3 is 0 Å². The van der Waals surface area contributed by atoms with Crippen molar-refractivity contribution in [1.82, 2.24) is 4.57 Å². The number of nitro groups is 1. The molecule has 0 aliphatic carbocycles. The smallest absolute Gasteiger partial charge is 0.270 e. The molecule has 0 fully saturated rings. The molecule has 3 aromatic carbocycles. The summed E-state index contributed by atoms with van der Waals surface area (Å²) in [4.78, 5) is 10.8. The first-order valence-corrected chi connectivity index (χ1v) is 9.29. The maximum Gasteiger partial charge on any atom is 0.270 e. The summed E-state index contributed by atoms with van der Waals surface area (Å²) in [5.41, 5.74) is 2.65. The molecule has 0 radical (unpaired) electrons. The van der Waals surface area contributed by atoms with Gasteiger partial charge in [-0.15, -0.1) is 0 Å². The maximum atomic E-state index is 11.2. The van der Waals surface area contributed by atoms with E-state index in [4.69, 9.17) is 4.74 Å². The molecule has 0 saturated heterocycles. The summed E-state index contributed by atoms with van der Waals surface area (Å²) >= 11 is 0. The number of anilines is 1. The van der Waals surface area contributed by atoms with Crippen molar-refractivity contribution in [3.8, 4) is 5.75 Å². The Hall–Kier alpha value is -3.58. The fraction of sp³-hybridized carbons (Fsp3) is 0.182. The topological polar surface area (TPSA) is 89.6 Å². The molecule has 4 aromatic rings. The Morgan fingerprint density at radius 3 is 2.59 bits per heavy atom. The Morgan fingerprint density at radius 1 is 1.07 bits per heavy atom. The molecule has 0 bridgehead atoms. The number of ether oxygens (including phenoxy) is 1. The van der Waals surface area contributed by atoms with Gasteiger partial charge in [0.1, 0.15) is 5.75 Å². The highest BCUT2D eigenvalue weighted by atomic mass is 16.6. The number of nitrogens with one attached hydrogen (secondary N) is 1. The van der Waals surface area contributed by atoms with Gasteiger partial charge in [0.25, 0.3) is 5.69 Å². The second-order valence-electron chi connectivity index (χ2n) is 6.82. The van der Waals surface area contributed by atoms with E-state index in [1.54, 1.807) is 19.2 Å². The maximum absolute atomic E-state index is 11.2. The second-order valence-corrected chi connectivity index (χ2v) is 6.82. The van der Waals surface area contributed by atoms with Gasteiger partial charge in [-0.05, 0) is 24.3 Å². The molecule has 0 aliphatic rings. The van der Waals surface area contributed by atoms with Crippen LogP contribution < -0.4 is 10.1 Å². The van der Waals surface area contributed by atoms with Crippen LogP contribution in [-0.4, -0.2) is 34.4 Å². The summed E-state index contributed by atoms with van der Waals surface area (Å²) in [6, 6.07) is 20.1. The lowest BCUT2D eigenvalue weighted by Gasteiger charge is -2.17. The number of hydrogen-bond acceptors (Lipinski definition) is 5. The van der Waals surface area contributed by atoms with E-state index in [0.717, 1.165) is 27.5 Å². The van der Waals surface area contributed by atoms with Gasteiger partial charge in [0.15, 0.2) is 0 Å². The van der Waals surface area contributed by atoms with Crippen molar-refractivity contribution in [2.75, 3.05) is 19.0 Å². The first-order valence-electron chi connectivity index (χ1n) is 9.29. The van der Waals surface area contributed by atoms with Gasteiger partial charge < -0.3 is 19.7 Å². The molecule has 2 N–H and O–H groups in total. The minimum Gasteiger partial charge on any atom is -0.495 e. The molecule has 1 unspecified atom stereocenters. The van der Waals surface area contributed by atoms with Gasteiger partial charge in [0.05, 0.1) is 30.4 Å². The zero-order chi connectivity index (χ0) is 20.4. The van der Waals surface area contributed by atoms with Crippen LogP contribution >= 0.6 is 0 Å². The highest BCUT2D eigenvalue weighted by Crippen LogP contribution is 2.32. The molecule has 4 rings (SSSR count). The fourth-order valence-corrected chi connectivity index (χ4v) is 3.65. The number of non-ortho nitro benzene ring substituents is 1. The number of para-hydroxylation sites is 3. The van der Waals surface area contributed by atoms with Crippen LogP contribution in [0.4, 0.5) is 11.4 Å². The number of fused-ring (bicyclic) bond motifs is 3. The van der Waals surface area contributed by atoms with Gasteiger partial charge in [-0.1, -0.05) is 30.3 Å². The van der Waals surface area contributed by atoms with E-state index in [0.29, 0.717) is 18.8 Å². The number of nitro benzene ring substituents is 1. The standard InChI is InChI=1S/C22H21N3O4/c1-29-22-9-5-3-7-19(22)23-13-16(26)14-24-20-8-4-2-6-17(20)18-12-15(25(27)28)10-11-21(18)24/h2-12,16,23,26H,13-14H2,1H3. The zero-order valence-corrected chi connectivity index (χ0v) is 15.9. The van der Waals surface area contributed by atoms with E-state index >= 15 is 0 Å². The zero-order valence-electron chi connectivity index (χ0n) is 15.9. The molecule has 1 atom stereocenters.